The van der Waals surface area contributed by atoms with Gasteiger partial charge in [-0.2, -0.15) is 5.26 Å². The van der Waals surface area contributed by atoms with E-state index in [2.05, 4.69) is 16.3 Å². The fourth-order valence-corrected chi connectivity index (χ4v) is 3.78. The van der Waals surface area contributed by atoms with Gasteiger partial charge in [-0.05, 0) is 30.0 Å². The van der Waals surface area contributed by atoms with Gasteiger partial charge in [0.1, 0.15) is 0 Å². The van der Waals surface area contributed by atoms with Crippen LogP contribution < -0.4 is 5.73 Å². The molecule has 2 aromatic rings. The molecule has 1 aromatic carbocycles. The summed E-state index contributed by atoms with van der Waals surface area (Å²) in [6, 6.07) is 7.80. The van der Waals surface area contributed by atoms with Crippen LogP contribution in [-0.2, 0) is 6.42 Å². The molecule has 1 heterocycles. The summed E-state index contributed by atoms with van der Waals surface area (Å²) in [5, 5.41) is 16.9. The fourth-order valence-electron chi connectivity index (χ4n) is 1.31. The number of benzene rings is 1. The first-order valence-corrected chi connectivity index (χ1v) is 7.89. The molecule has 7 heteroatoms. The van der Waals surface area contributed by atoms with E-state index in [-0.39, 0.29) is 0 Å². The zero-order valence-corrected chi connectivity index (χ0v) is 12.0. The summed E-state index contributed by atoms with van der Waals surface area (Å²) in [4.78, 5) is 1.03. The molecule has 92 valence electrons. The van der Waals surface area contributed by atoms with Crippen LogP contribution in [0.2, 0.25) is 0 Å². The first-order chi connectivity index (χ1) is 8.72. The number of hydrogen-bond acceptors (Lipinski definition) is 7. The molecule has 0 radical (unpaired) electrons. The van der Waals surface area contributed by atoms with Crippen molar-refractivity contribution < 1.29 is 0 Å². The normalized spacial score (nSPS) is 10.2. The van der Waals surface area contributed by atoms with E-state index >= 15 is 0 Å². The number of nitrogens with zero attached hydrogens (tertiary/aromatic N) is 3. The van der Waals surface area contributed by atoms with Crippen molar-refractivity contribution in [2.75, 3.05) is 12.0 Å². The molecule has 0 aliphatic heterocycles. The van der Waals surface area contributed by atoms with Crippen molar-refractivity contribution in [1.29, 1.82) is 5.26 Å². The molecule has 0 aliphatic rings. The minimum atomic E-state index is 0.326. The van der Waals surface area contributed by atoms with Crippen LogP contribution >= 0.6 is 34.9 Å². The van der Waals surface area contributed by atoms with Gasteiger partial charge in [0, 0.05) is 10.6 Å². The molecule has 1 aromatic heterocycles. The minimum Gasteiger partial charge on any atom is -0.398 e. The maximum atomic E-state index is 8.72. The Morgan fingerprint density at radius 3 is 2.83 bits per heavy atom. The average Bonchev–Trinajstić information content (AvgIpc) is 2.81. The van der Waals surface area contributed by atoms with Crippen LogP contribution in [0.15, 0.2) is 31.8 Å². The van der Waals surface area contributed by atoms with Gasteiger partial charge in [-0.1, -0.05) is 34.9 Å². The summed E-state index contributed by atoms with van der Waals surface area (Å²) in [6.45, 7) is 0. The molecule has 0 atom stereocenters. The highest BCUT2D eigenvalue weighted by molar-refractivity contribution is 8.03. The molecule has 4 nitrogen and oxygen atoms in total. The SMILES string of the molecule is CSc1nnc(Sc2ccc(N)c(CC#N)c2)s1. The first-order valence-electron chi connectivity index (χ1n) is 5.03. The standard InChI is InChI=1S/C11H10N4S3/c1-16-10-14-15-11(18-10)17-8-2-3-9(13)7(6-8)4-5-12/h2-3,6H,4,13H2,1H3. The van der Waals surface area contributed by atoms with Crippen LogP contribution in [0.4, 0.5) is 5.69 Å². The summed E-state index contributed by atoms with van der Waals surface area (Å²) >= 11 is 4.68. The summed E-state index contributed by atoms with van der Waals surface area (Å²) in [5.74, 6) is 0. The molecule has 18 heavy (non-hydrogen) atoms. The van der Waals surface area contributed by atoms with Gasteiger partial charge in [-0.3, -0.25) is 0 Å². The van der Waals surface area contributed by atoms with Crippen molar-refractivity contribution in [3.05, 3.63) is 23.8 Å². The van der Waals surface area contributed by atoms with Gasteiger partial charge in [0.15, 0.2) is 8.68 Å². The number of nitrogens with two attached hydrogens (primary N) is 1. The van der Waals surface area contributed by atoms with Crippen LogP contribution in [0.25, 0.3) is 0 Å². The zero-order valence-electron chi connectivity index (χ0n) is 9.58. The second-order valence-electron chi connectivity index (χ2n) is 3.34. The van der Waals surface area contributed by atoms with Crippen LogP contribution in [0, 0.1) is 11.3 Å². The van der Waals surface area contributed by atoms with E-state index in [1.54, 1.807) is 23.1 Å². The Morgan fingerprint density at radius 2 is 2.17 bits per heavy atom. The van der Waals surface area contributed by atoms with E-state index in [1.807, 2.05) is 24.5 Å². The summed E-state index contributed by atoms with van der Waals surface area (Å²) in [7, 11) is 0. The highest BCUT2D eigenvalue weighted by Crippen LogP contribution is 2.33. The number of nitriles is 1. The number of anilines is 1. The lowest BCUT2D eigenvalue weighted by atomic mass is 10.1. The summed E-state index contributed by atoms with van der Waals surface area (Å²) in [5.41, 5.74) is 7.32. The smallest absolute Gasteiger partial charge is 0.179 e. The van der Waals surface area contributed by atoms with Crippen LogP contribution in [0.3, 0.4) is 0 Å². The Bertz CT molecular complexity index is 588. The Labute approximate surface area is 118 Å². The Morgan fingerprint density at radius 1 is 1.39 bits per heavy atom. The topological polar surface area (TPSA) is 75.6 Å². The molecule has 0 fully saturated rings. The van der Waals surface area contributed by atoms with Gasteiger partial charge in [-0.15, -0.1) is 10.2 Å². The van der Waals surface area contributed by atoms with Crippen molar-refractivity contribution in [3.8, 4) is 6.07 Å². The van der Waals surface area contributed by atoms with Crippen molar-refractivity contribution in [2.24, 2.45) is 0 Å². The third-order valence-corrected chi connectivity index (χ3v) is 5.09. The van der Waals surface area contributed by atoms with Crippen molar-refractivity contribution >= 4 is 40.5 Å². The van der Waals surface area contributed by atoms with E-state index in [0.29, 0.717) is 12.1 Å². The molecule has 0 spiro atoms. The first kappa shape index (κ1) is 13.2. The molecular weight excluding hydrogens is 284 g/mol. The molecule has 0 amide bonds. The van der Waals surface area contributed by atoms with Crippen molar-refractivity contribution in [1.82, 2.24) is 10.2 Å². The van der Waals surface area contributed by atoms with E-state index < -0.39 is 0 Å². The Balaban J connectivity index is 2.19. The minimum absolute atomic E-state index is 0.326. The van der Waals surface area contributed by atoms with E-state index in [1.165, 1.54) is 11.8 Å². The number of hydrogen-bond donors (Lipinski definition) is 1. The molecule has 0 aliphatic carbocycles. The molecule has 0 saturated carbocycles. The zero-order chi connectivity index (χ0) is 13.0. The second-order valence-corrected chi connectivity index (χ2v) is 6.69. The lowest BCUT2D eigenvalue weighted by molar-refractivity contribution is 0.955. The number of rotatable bonds is 4. The predicted molar refractivity (Wildman–Crippen MR) is 76.0 cm³/mol. The van der Waals surface area contributed by atoms with Gasteiger partial charge in [-0.25, -0.2) is 0 Å². The van der Waals surface area contributed by atoms with Gasteiger partial charge in [0.05, 0.1) is 12.5 Å². The molecule has 0 bridgehead atoms. The number of thioether (sulfide) groups is 1. The molecule has 0 unspecified atom stereocenters. The highest BCUT2D eigenvalue weighted by Gasteiger charge is 2.07. The third-order valence-electron chi connectivity index (χ3n) is 2.15. The average molecular weight is 294 g/mol. The van der Waals surface area contributed by atoms with Gasteiger partial charge >= 0.3 is 0 Å². The van der Waals surface area contributed by atoms with Crippen LogP contribution in [0.1, 0.15) is 5.56 Å². The number of aromatic nitrogens is 2. The van der Waals surface area contributed by atoms with Gasteiger partial charge in [0.2, 0.25) is 0 Å². The lowest BCUT2D eigenvalue weighted by Gasteiger charge is -2.03. The van der Waals surface area contributed by atoms with Crippen LogP contribution in [-0.4, -0.2) is 16.5 Å². The van der Waals surface area contributed by atoms with Gasteiger partial charge < -0.3 is 5.73 Å². The molecule has 0 saturated heterocycles. The Kier molecular flexibility index (Phi) is 4.47. The molecule has 2 N–H and O–H groups in total. The quantitative estimate of drug-likeness (QED) is 0.690. The molecular formula is C11H10N4S3. The van der Waals surface area contributed by atoms with Crippen molar-refractivity contribution in [3.63, 3.8) is 0 Å². The van der Waals surface area contributed by atoms with Gasteiger partial charge in [0.25, 0.3) is 0 Å². The van der Waals surface area contributed by atoms with E-state index in [4.69, 9.17) is 11.0 Å². The molecule has 2 rings (SSSR count). The fraction of sp³-hybridized carbons (Fsp3) is 0.182. The highest BCUT2D eigenvalue weighted by atomic mass is 32.2. The van der Waals surface area contributed by atoms with E-state index in [0.717, 1.165) is 19.1 Å². The summed E-state index contributed by atoms with van der Waals surface area (Å²) < 4.78 is 1.84. The maximum absolute atomic E-state index is 8.72. The monoisotopic (exact) mass is 294 g/mol. The van der Waals surface area contributed by atoms with E-state index in [9.17, 15) is 0 Å². The predicted octanol–water partition coefficient (Wildman–Crippen LogP) is 3.06. The number of nitrogen functional groups attached to an aromatic ring is 1. The van der Waals surface area contributed by atoms with Crippen molar-refractivity contribution in [2.45, 2.75) is 20.0 Å². The second kappa shape index (κ2) is 6.09. The summed E-state index contributed by atoms with van der Waals surface area (Å²) in [6.07, 6.45) is 2.30. The Hall–Kier alpha value is -1.23. The largest absolute Gasteiger partial charge is 0.398 e. The van der Waals surface area contributed by atoms with Crippen LogP contribution in [0.5, 0.6) is 0 Å². The lowest BCUT2D eigenvalue weighted by Crippen LogP contribution is -1.93. The maximum Gasteiger partial charge on any atom is 0.179 e. The third kappa shape index (κ3) is 3.16.